The molecule has 6 heteroatoms. The summed E-state index contributed by atoms with van der Waals surface area (Å²) in [4.78, 5) is 12.1. The second-order valence-corrected chi connectivity index (χ2v) is 6.19. The number of hydrogen-bond acceptors (Lipinski definition) is 6. The van der Waals surface area contributed by atoms with Crippen LogP contribution in [0, 0.1) is 0 Å². The number of carbonyl (C=O) groups excluding carboxylic acids is 1. The third-order valence-corrected chi connectivity index (χ3v) is 3.88. The van der Waals surface area contributed by atoms with Gasteiger partial charge in [-0.05, 0) is 26.0 Å². The molecule has 24 heavy (non-hydrogen) atoms. The average Bonchev–Trinajstić information content (AvgIpc) is 3.03. The molecule has 2 saturated heterocycles. The highest BCUT2D eigenvalue weighted by Crippen LogP contribution is 2.38. The largest absolute Gasteiger partial charge is 0.459 e. The van der Waals surface area contributed by atoms with Gasteiger partial charge in [0.05, 0.1) is 12.2 Å². The summed E-state index contributed by atoms with van der Waals surface area (Å²) in [6.45, 7) is 7.71. The summed E-state index contributed by atoms with van der Waals surface area (Å²) in [5.41, 5.74) is 0.493. The van der Waals surface area contributed by atoms with E-state index in [1.807, 2.05) is 19.9 Å². The van der Waals surface area contributed by atoms with Crippen molar-refractivity contribution in [3.63, 3.8) is 0 Å². The summed E-state index contributed by atoms with van der Waals surface area (Å²) >= 11 is 0. The molecule has 4 atom stereocenters. The van der Waals surface area contributed by atoms with Crippen LogP contribution in [-0.2, 0) is 23.7 Å². The first kappa shape index (κ1) is 17.1. The Labute approximate surface area is 141 Å². The number of ether oxygens (including phenoxy) is 5. The van der Waals surface area contributed by atoms with Crippen LogP contribution in [-0.4, -0.2) is 49.6 Å². The molecule has 2 aliphatic rings. The van der Waals surface area contributed by atoms with Gasteiger partial charge in [-0.15, -0.1) is 6.58 Å². The summed E-state index contributed by atoms with van der Waals surface area (Å²) in [5.74, 6) is -1.13. The van der Waals surface area contributed by atoms with Gasteiger partial charge in [0.1, 0.15) is 24.9 Å². The van der Waals surface area contributed by atoms with Gasteiger partial charge < -0.3 is 23.7 Å². The molecular weight excluding hydrogens is 312 g/mol. The standard InChI is InChI=1S/C18H22O6/c1-4-10-20-14-13(22-17-15(14)23-18(2,3)24-17)11-21-16(19)12-8-6-5-7-9-12/h4-9,13-15,17H,1,10-11H2,2-3H3/t13-,14-,15-,17-/m1/s1. The van der Waals surface area contributed by atoms with Crippen LogP contribution >= 0.6 is 0 Å². The Morgan fingerprint density at radius 3 is 2.75 bits per heavy atom. The molecule has 130 valence electrons. The molecule has 0 radical (unpaired) electrons. The lowest BCUT2D eigenvalue weighted by atomic mass is 10.1. The van der Waals surface area contributed by atoms with Crippen molar-refractivity contribution in [1.29, 1.82) is 0 Å². The molecule has 0 unspecified atom stereocenters. The number of fused-ring (bicyclic) bond motifs is 1. The van der Waals surface area contributed by atoms with Crippen molar-refractivity contribution in [2.45, 2.75) is 44.2 Å². The van der Waals surface area contributed by atoms with Crippen molar-refractivity contribution < 1.29 is 28.5 Å². The lowest BCUT2D eigenvalue weighted by Crippen LogP contribution is -2.39. The molecule has 1 aromatic carbocycles. The van der Waals surface area contributed by atoms with Crippen molar-refractivity contribution in [1.82, 2.24) is 0 Å². The van der Waals surface area contributed by atoms with Gasteiger partial charge in [-0.3, -0.25) is 0 Å². The Bertz CT molecular complexity index is 584. The SMILES string of the molecule is C=CCO[C@H]1[C@H]2OC(C)(C)O[C@H]2O[C@@H]1COC(=O)c1ccccc1. The normalized spacial score (nSPS) is 30.8. The molecule has 0 amide bonds. The minimum Gasteiger partial charge on any atom is -0.459 e. The quantitative estimate of drug-likeness (QED) is 0.587. The summed E-state index contributed by atoms with van der Waals surface area (Å²) in [6, 6.07) is 8.81. The Kier molecular flexibility index (Phi) is 5.01. The first-order valence-electron chi connectivity index (χ1n) is 7.96. The van der Waals surface area contributed by atoms with Crippen LogP contribution in [0.2, 0.25) is 0 Å². The van der Waals surface area contributed by atoms with E-state index >= 15 is 0 Å². The van der Waals surface area contributed by atoms with Crippen molar-refractivity contribution in [2.24, 2.45) is 0 Å². The maximum atomic E-state index is 12.1. The molecule has 2 fully saturated rings. The summed E-state index contributed by atoms with van der Waals surface area (Å²) in [7, 11) is 0. The number of esters is 1. The first-order chi connectivity index (χ1) is 11.5. The molecule has 2 heterocycles. The third kappa shape index (κ3) is 3.67. The van der Waals surface area contributed by atoms with E-state index in [2.05, 4.69) is 6.58 Å². The second-order valence-electron chi connectivity index (χ2n) is 6.19. The lowest BCUT2D eigenvalue weighted by molar-refractivity contribution is -0.221. The molecule has 6 nitrogen and oxygen atoms in total. The van der Waals surface area contributed by atoms with E-state index in [-0.39, 0.29) is 12.7 Å². The van der Waals surface area contributed by atoms with Crippen LogP contribution in [0.1, 0.15) is 24.2 Å². The van der Waals surface area contributed by atoms with Gasteiger partial charge in [-0.1, -0.05) is 24.3 Å². The van der Waals surface area contributed by atoms with Gasteiger partial charge in [-0.25, -0.2) is 4.79 Å². The summed E-state index contributed by atoms with van der Waals surface area (Å²) in [5, 5.41) is 0. The molecule has 0 saturated carbocycles. The third-order valence-electron chi connectivity index (χ3n) is 3.88. The number of benzene rings is 1. The smallest absolute Gasteiger partial charge is 0.338 e. The molecule has 2 aliphatic heterocycles. The van der Waals surface area contributed by atoms with Crippen LogP contribution in [0.3, 0.4) is 0 Å². The monoisotopic (exact) mass is 334 g/mol. The van der Waals surface area contributed by atoms with Gasteiger partial charge >= 0.3 is 5.97 Å². The van der Waals surface area contributed by atoms with Crippen LogP contribution in [0.4, 0.5) is 0 Å². The zero-order valence-electron chi connectivity index (χ0n) is 13.8. The molecule has 0 N–H and O–H groups in total. The average molecular weight is 334 g/mol. The predicted octanol–water partition coefficient (Wildman–Crippen LogP) is 2.29. The molecule has 0 aromatic heterocycles. The topological polar surface area (TPSA) is 63.2 Å². The highest BCUT2D eigenvalue weighted by Gasteiger charge is 2.55. The van der Waals surface area contributed by atoms with Crippen molar-refractivity contribution >= 4 is 5.97 Å². The van der Waals surface area contributed by atoms with Gasteiger partial charge in [0.25, 0.3) is 0 Å². The van der Waals surface area contributed by atoms with Crippen molar-refractivity contribution in [3.8, 4) is 0 Å². The first-order valence-corrected chi connectivity index (χ1v) is 7.96. The van der Waals surface area contributed by atoms with E-state index in [9.17, 15) is 4.79 Å². The zero-order chi connectivity index (χ0) is 17.2. The molecule has 0 spiro atoms. The molecular formula is C18H22O6. The maximum Gasteiger partial charge on any atom is 0.338 e. The van der Waals surface area contributed by atoms with E-state index in [1.165, 1.54) is 0 Å². The van der Waals surface area contributed by atoms with Crippen molar-refractivity contribution in [2.75, 3.05) is 13.2 Å². The minimum absolute atomic E-state index is 0.0652. The predicted molar refractivity (Wildman–Crippen MR) is 85.4 cm³/mol. The van der Waals surface area contributed by atoms with E-state index in [1.54, 1.807) is 30.3 Å². The fraction of sp³-hybridized carbons (Fsp3) is 0.500. The van der Waals surface area contributed by atoms with Crippen LogP contribution in [0.15, 0.2) is 43.0 Å². The molecule has 1 aromatic rings. The Morgan fingerprint density at radius 2 is 2.04 bits per heavy atom. The van der Waals surface area contributed by atoms with Gasteiger partial charge in [0, 0.05) is 0 Å². The lowest BCUT2D eigenvalue weighted by Gasteiger charge is -2.25. The fourth-order valence-corrected chi connectivity index (χ4v) is 2.88. The second kappa shape index (κ2) is 7.03. The molecule has 0 bridgehead atoms. The fourth-order valence-electron chi connectivity index (χ4n) is 2.88. The number of carbonyl (C=O) groups is 1. The van der Waals surface area contributed by atoms with E-state index in [0.717, 1.165) is 0 Å². The highest BCUT2D eigenvalue weighted by molar-refractivity contribution is 5.89. The van der Waals surface area contributed by atoms with Gasteiger partial charge in [-0.2, -0.15) is 0 Å². The van der Waals surface area contributed by atoms with E-state index < -0.39 is 30.3 Å². The Balaban J connectivity index is 1.62. The summed E-state index contributed by atoms with van der Waals surface area (Å²) in [6.07, 6.45) is -0.0842. The molecule has 0 aliphatic carbocycles. The Morgan fingerprint density at radius 1 is 1.29 bits per heavy atom. The van der Waals surface area contributed by atoms with Gasteiger partial charge in [0.15, 0.2) is 12.1 Å². The van der Waals surface area contributed by atoms with E-state index in [4.69, 9.17) is 23.7 Å². The van der Waals surface area contributed by atoms with Crippen LogP contribution in [0.5, 0.6) is 0 Å². The number of hydrogen-bond donors (Lipinski definition) is 0. The Hall–Kier alpha value is -1.73. The molecule has 3 rings (SSSR count). The maximum absolute atomic E-state index is 12.1. The van der Waals surface area contributed by atoms with Crippen LogP contribution < -0.4 is 0 Å². The van der Waals surface area contributed by atoms with Gasteiger partial charge in [0.2, 0.25) is 0 Å². The number of rotatable bonds is 6. The van der Waals surface area contributed by atoms with Crippen molar-refractivity contribution in [3.05, 3.63) is 48.6 Å². The minimum atomic E-state index is -0.725. The van der Waals surface area contributed by atoms with Crippen LogP contribution in [0.25, 0.3) is 0 Å². The zero-order valence-corrected chi connectivity index (χ0v) is 13.8. The van der Waals surface area contributed by atoms with E-state index in [0.29, 0.717) is 12.2 Å². The summed E-state index contributed by atoms with van der Waals surface area (Å²) < 4.78 is 28.5. The highest BCUT2D eigenvalue weighted by atomic mass is 16.8.